The Bertz CT molecular complexity index is 469. The molecule has 0 aliphatic carbocycles. The molecule has 0 aliphatic heterocycles. The van der Waals surface area contributed by atoms with E-state index in [9.17, 15) is 4.79 Å². The lowest BCUT2D eigenvalue weighted by Crippen LogP contribution is -2.45. The van der Waals surface area contributed by atoms with Crippen LogP contribution in [0, 0.1) is 5.41 Å². The molecule has 0 aromatic heterocycles. The summed E-state index contributed by atoms with van der Waals surface area (Å²) in [6.45, 7) is 8.36. The Morgan fingerprint density at radius 3 is 2.65 bits per heavy atom. The van der Waals surface area contributed by atoms with Crippen molar-refractivity contribution in [1.82, 2.24) is 0 Å². The first kappa shape index (κ1) is 16.8. The van der Waals surface area contributed by atoms with E-state index in [0.29, 0.717) is 23.1 Å². The van der Waals surface area contributed by atoms with Crippen molar-refractivity contribution in [2.75, 3.05) is 11.9 Å². The molecular weight excluding hydrogens is 276 g/mol. The summed E-state index contributed by atoms with van der Waals surface area (Å²) >= 11 is 5.97. The molecule has 20 heavy (non-hydrogen) atoms. The van der Waals surface area contributed by atoms with Gasteiger partial charge < -0.3 is 15.8 Å². The number of amides is 1. The van der Waals surface area contributed by atoms with E-state index < -0.39 is 6.04 Å². The van der Waals surface area contributed by atoms with Gasteiger partial charge in [-0.1, -0.05) is 39.3 Å². The van der Waals surface area contributed by atoms with Crippen molar-refractivity contribution in [2.45, 2.75) is 40.2 Å². The van der Waals surface area contributed by atoms with Gasteiger partial charge in [-0.3, -0.25) is 4.79 Å². The molecule has 1 rings (SSSR count). The van der Waals surface area contributed by atoms with Crippen LogP contribution in [-0.2, 0) is 4.79 Å². The van der Waals surface area contributed by atoms with Gasteiger partial charge in [-0.2, -0.15) is 0 Å². The second-order valence-electron chi connectivity index (χ2n) is 5.82. The zero-order valence-electron chi connectivity index (χ0n) is 12.5. The quantitative estimate of drug-likeness (QED) is 0.875. The highest BCUT2D eigenvalue weighted by molar-refractivity contribution is 6.31. The van der Waals surface area contributed by atoms with E-state index in [4.69, 9.17) is 22.1 Å². The molecule has 1 atom stereocenters. The number of anilines is 1. The van der Waals surface area contributed by atoms with Crippen LogP contribution in [0.3, 0.4) is 0 Å². The maximum atomic E-state index is 12.2. The summed E-state index contributed by atoms with van der Waals surface area (Å²) < 4.78 is 5.59. The average Bonchev–Trinajstić information content (AvgIpc) is 2.35. The highest BCUT2D eigenvalue weighted by atomic mass is 35.5. The van der Waals surface area contributed by atoms with Crippen LogP contribution in [0.2, 0.25) is 5.02 Å². The third-order valence-electron chi connectivity index (χ3n) is 2.88. The molecule has 1 aromatic carbocycles. The highest BCUT2D eigenvalue weighted by Gasteiger charge is 2.28. The van der Waals surface area contributed by atoms with Crippen LogP contribution in [-0.4, -0.2) is 18.6 Å². The van der Waals surface area contributed by atoms with Crippen LogP contribution in [0.15, 0.2) is 18.2 Å². The van der Waals surface area contributed by atoms with Gasteiger partial charge in [0, 0.05) is 5.02 Å². The van der Waals surface area contributed by atoms with Gasteiger partial charge in [0.1, 0.15) is 5.75 Å². The second-order valence-corrected chi connectivity index (χ2v) is 6.26. The first-order chi connectivity index (χ1) is 9.25. The molecule has 3 N–H and O–H groups in total. The van der Waals surface area contributed by atoms with Gasteiger partial charge in [0.05, 0.1) is 18.3 Å². The third kappa shape index (κ3) is 4.69. The molecule has 0 unspecified atom stereocenters. The average molecular weight is 299 g/mol. The predicted octanol–water partition coefficient (Wildman–Crippen LogP) is 3.44. The van der Waals surface area contributed by atoms with Crippen molar-refractivity contribution in [3.05, 3.63) is 23.2 Å². The number of hydrogen-bond donors (Lipinski definition) is 2. The topological polar surface area (TPSA) is 64.3 Å². The molecule has 0 fully saturated rings. The number of halogens is 1. The summed E-state index contributed by atoms with van der Waals surface area (Å²) in [5.41, 5.74) is 6.18. The van der Waals surface area contributed by atoms with Gasteiger partial charge in [0.25, 0.3) is 0 Å². The zero-order chi connectivity index (χ0) is 15.3. The molecule has 0 spiro atoms. The molecule has 1 aromatic rings. The van der Waals surface area contributed by atoms with Gasteiger partial charge in [-0.05, 0) is 30.0 Å². The van der Waals surface area contributed by atoms with E-state index in [1.165, 1.54) is 0 Å². The van der Waals surface area contributed by atoms with Gasteiger partial charge >= 0.3 is 0 Å². The largest absolute Gasteiger partial charge is 0.491 e. The van der Waals surface area contributed by atoms with E-state index >= 15 is 0 Å². The summed E-state index contributed by atoms with van der Waals surface area (Å²) in [5.74, 6) is 0.354. The lowest BCUT2D eigenvalue weighted by Gasteiger charge is -2.26. The Kier molecular flexibility index (Phi) is 5.84. The van der Waals surface area contributed by atoms with Crippen molar-refractivity contribution >= 4 is 23.2 Å². The Morgan fingerprint density at radius 1 is 1.45 bits per heavy atom. The first-order valence-electron chi connectivity index (χ1n) is 6.74. The molecule has 0 bridgehead atoms. The summed E-state index contributed by atoms with van der Waals surface area (Å²) in [6, 6.07) is 4.53. The molecule has 0 saturated carbocycles. The number of benzene rings is 1. The number of ether oxygens (including phenoxy) is 1. The fourth-order valence-corrected chi connectivity index (χ4v) is 1.71. The monoisotopic (exact) mass is 298 g/mol. The Labute approximate surface area is 125 Å². The molecule has 0 aliphatic rings. The van der Waals surface area contributed by atoms with Crippen molar-refractivity contribution in [2.24, 2.45) is 11.1 Å². The normalized spacial score (nSPS) is 12.9. The first-order valence-corrected chi connectivity index (χ1v) is 7.12. The number of nitrogens with one attached hydrogen (secondary N) is 1. The van der Waals surface area contributed by atoms with Gasteiger partial charge in [-0.15, -0.1) is 0 Å². The zero-order valence-corrected chi connectivity index (χ0v) is 13.3. The smallest absolute Gasteiger partial charge is 0.241 e. The Morgan fingerprint density at radius 2 is 2.10 bits per heavy atom. The van der Waals surface area contributed by atoms with Crippen LogP contribution in [0.1, 0.15) is 34.1 Å². The Hall–Kier alpha value is -1.26. The fourth-order valence-electron chi connectivity index (χ4n) is 1.54. The number of carbonyl (C=O) groups excluding carboxylic acids is 1. The van der Waals surface area contributed by atoms with Crippen LogP contribution < -0.4 is 15.8 Å². The molecule has 1 amide bonds. The Balaban J connectivity index is 2.90. The summed E-state index contributed by atoms with van der Waals surface area (Å²) in [5, 5.41) is 3.33. The summed E-state index contributed by atoms with van der Waals surface area (Å²) in [4.78, 5) is 12.2. The van der Waals surface area contributed by atoms with Gasteiger partial charge in [0.15, 0.2) is 0 Å². The molecule has 0 radical (unpaired) electrons. The van der Waals surface area contributed by atoms with Crippen LogP contribution >= 0.6 is 11.6 Å². The molecule has 0 saturated heterocycles. The van der Waals surface area contributed by atoms with Crippen molar-refractivity contribution in [3.8, 4) is 5.75 Å². The summed E-state index contributed by atoms with van der Waals surface area (Å²) in [7, 11) is 0. The van der Waals surface area contributed by atoms with E-state index in [2.05, 4.69) is 5.32 Å². The van der Waals surface area contributed by atoms with Gasteiger partial charge in [-0.25, -0.2) is 0 Å². The lowest BCUT2D eigenvalue weighted by molar-refractivity contribution is -0.119. The van der Waals surface area contributed by atoms with Crippen LogP contribution in [0.4, 0.5) is 5.69 Å². The maximum Gasteiger partial charge on any atom is 0.241 e. The lowest BCUT2D eigenvalue weighted by atomic mass is 9.87. The number of hydrogen-bond acceptors (Lipinski definition) is 3. The SMILES string of the molecule is CCCOc1ccc(Cl)cc1NC(=O)[C@@H](N)C(C)(C)C. The van der Waals surface area contributed by atoms with Crippen molar-refractivity contribution < 1.29 is 9.53 Å². The number of carbonyl (C=O) groups is 1. The molecular formula is C15H23ClN2O2. The molecule has 4 nitrogen and oxygen atoms in total. The van der Waals surface area contributed by atoms with Crippen LogP contribution in [0.5, 0.6) is 5.75 Å². The number of nitrogens with two attached hydrogens (primary N) is 1. The highest BCUT2D eigenvalue weighted by Crippen LogP contribution is 2.29. The summed E-state index contributed by atoms with van der Waals surface area (Å²) in [6.07, 6.45) is 0.886. The van der Waals surface area contributed by atoms with E-state index in [1.807, 2.05) is 27.7 Å². The van der Waals surface area contributed by atoms with E-state index in [1.54, 1.807) is 18.2 Å². The standard InChI is InChI=1S/C15H23ClN2O2/c1-5-8-20-12-7-6-10(16)9-11(12)18-14(19)13(17)15(2,3)4/h6-7,9,13H,5,8,17H2,1-4H3,(H,18,19)/t13-/m1/s1. The van der Waals surface area contributed by atoms with Crippen molar-refractivity contribution in [1.29, 1.82) is 0 Å². The fraction of sp³-hybridized carbons (Fsp3) is 0.533. The molecule has 5 heteroatoms. The number of rotatable bonds is 5. The minimum atomic E-state index is -0.611. The second kappa shape index (κ2) is 6.95. The maximum absolute atomic E-state index is 12.2. The van der Waals surface area contributed by atoms with Crippen LogP contribution in [0.25, 0.3) is 0 Å². The van der Waals surface area contributed by atoms with E-state index in [-0.39, 0.29) is 11.3 Å². The predicted molar refractivity (Wildman–Crippen MR) is 83.3 cm³/mol. The third-order valence-corrected chi connectivity index (χ3v) is 3.11. The van der Waals surface area contributed by atoms with E-state index in [0.717, 1.165) is 6.42 Å². The van der Waals surface area contributed by atoms with Gasteiger partial charge in [0.2, 0.25) is 5.91 Å². The minimum Gasteiger partial charge on any atom is -0.491 e. The molecule has 0 heterocycles. The van der Waals surface area contributed by atoms with Crippen molar-refractivity contribution in [3.63, 3.8) is 0 Å². The minimum absolute atomic E-state index is 0.249. The molecule has 112 valence electrons.